The average molecular weight is 250 g/mol. The number of benzene rings is 1. The lowest BCUT2D eigenvalue weighted by molar-refractivity contribution is 0.0443. The van der Waals surface area contributed by atoms with Crippen molar-refractivity contribution in [3.63, 3.8) is 0 Å². The zero-order valence-corrected chi connectivity index (χ0v) is 11.5. The van der Waals surface area contributed by atoms with Gasteiger partial charge in [0.25, 0.3) is 0 Å². The van der Waals surface area contributed by atoms with Gasteiger partial charge in [0.1, 0.15) is 11.5 Å². The van der Waals surface area contributed by atoms with Crippen LogP contribution in [0.4, 0.5) is 0 Å². The summed E-state index contributed by atoms with van der Waals surface area (Å²) in [5.41, 5.74) is 2.45. The Morgan fingerprint density at radius 3 is 2.39 bits per heavy atom. The molecule has 3 nitrogen and oxygen atoms in total. The number of aryl methyl sites for hydroxylation is 1. The van der Waals surface area contributed by atoms with Gasteiger partial charge < -0.3 is 14.6 Å². The Hall–Kier alpha value is -1.22. The van der Waals surface area contributed by atoms with E-state index in [1.54, 1.807) is 14.2 Å². The van der Waals surface area contributed by atoms with Crippen molar-refractivity contribution in [1.29, 1.82) is 0 Å². The van der Waals surface area contributed by atoms with Gasteiger partial charge in [-0.05, 0) is 48.8 Å². The second kappa shape index (κ2) is 5.19. The standard InChI is InChI=1S/C15H22O3/c1-11-7-12(17-2)8-14(18-3)13(11)9-15(10-16)5-4-6-15/h7-8,16H,4-6,9-10H2,1-3H3. The quantitative estimate of drug-likeness (QED) is 0.873. The number of rotatable bonds is 5. The molecule has 1 N–H and O–H groups in total. The fourth-order valence-electron chi connectivity index (χ4n) is 2.72. The molecule has 0 heterocycles. The van der Waals surface area contributed by atoms with Gasteiger partial charge in [-0.25, -0.2) is 0 Å². The molecular weight excluding hydrogens is 228 g/mol. The maximum absolute atomic E-state index is 9.59. The van der Waals surface area contributed by atoms with E-state index in [9.17, 15) is 5.11 Å². The van der Waals surface area contributed by atoms with Crippen molar-refractivity contribution in [2.24, 2.45) is 5.41 Å². The van der Waals surface area contributed by atoms with Crippen molar-refractivity contribution in [3.05, 3.63) is 23.3 Å². The van der Waals surface area contributed by atoms with E-state index < -0.39 is 0 Å². The molecule has 0 amide bonds. The molecule has 1 aromatic carbocycles. The van der Waals surface area contributed by atoms with Crippen LogP contribution in [0.3, 0.4) is 0 Å². The predicted octanol–water partition coefficient (Wildman–Crippen LogP) is 2.72. The van der Waals surface area contributed by atoms with Crippen LogP contribution in [0.2, 0.25) is 0 Å². The minimum Gasteiger partial charge on any atom is -0.497 e. The fraction of sp³-hybridized carbons (Fsp3) is 0.600. The summed E-state index contributed by atoms with van der Waals surface area (Å²) in [6, 6.07) is 3.95. The van der Waals surface area contributed by atoms with Crippen molar-refractivity contribution < 1.29 is 14.6 Å². The fourth-order valence-corrected chi connectivity index (χ4v) is 2.72. The lowest BCUT2D eigenvalue weighted by Gasteiger charge is -2.41. The number of hydrogen-bond donors (Lipinski definition) is 1. The Morgan fingerprint density at radius 2 is 1.94 bits per heavy atom. The molecule has 0 spiro atoms. The van der Waals surface area contributed by atoms with Crippen LogP contribution in [0.15, 0.2) is 12.1 Å². The molecule has 2 rings (SSSR count). The molecule has 0 atom stereocenters. The van der Waals surface area contributed by atoms with E-state index in [1.165, 1.54) is 17.5 Å². The summed E-state index contributed by atoms with van der Waals surface area (Å²) >= 11 is 0. The van der Waals surface area contributed by atoms with Crippen LogP contribution >= 0.6 is 0 Å². The third kappa shape index (κ3) is 2.32. The van der Waals surface area contributed by atoms with E-state index in [1.807, 2.05) is 12.1 Å². The predicted molar refractivity (Wildman–Crippen MR) is 71.4 cm³/mol. The molecule has 0 saturated heterocycles. The topological polar surface area (TPSA) is 38.7 Å². The van der Waals surface area contributed by atoms with E-state index in [-0.39, 0.29) is 12.0 Å². The minimum absolute atomic E-state index is 0.0760. The third-order valence-electron chi connectivity index (χ3n) is 4.16. The number of ether oxygens (including phenoxy) is 2. The summed E-state index contributed by atoms with van der Waals surface area (Å²) in [7, 11) is 3.35. The Balaban J connectivity index is 2.31. The van der Waals surface area contributed by atoms with Crippen molar-refractivity contribution >= 4 is 0 Å². The van der Waals surface area contributed by atoms with Gasteiger partial charge in [-0.1, -0.05) is 6.42 Å². The Bertz CT molecular complexity index is 416. The zero-order chi connectivity index (χ0) is 13.2. The van der Waals surface area contributed by atoms with E-state index in [4.69, 9.17) is 9.47 Å². The normalized spacial score (nSPS) is 17.1. The molecule has 1 aliphatic carbocycles. The van der Waals surface area contributed by atoms with Gasteiger partial charge in [0.15, 0.2) is 0 Å². The van der Waals surface area contributed by atoms with Crippen LogP contribution in [-0.4, -0.2) is 25.9 Å². The number of aliphatic hydroxyl groups excluding tert-OH is 1. The number of aliphatic hydroxyl groups is 1. The van der Waals surface area contributed by atoms with E-state index in [0.29, 0.717) is 0 Å². The molecule has 0 radical (unpaired) electrons. The highest BCUT2D eigenvalue weighted by Gasteiger charge is 2.37. The van der Waals surface area contributed by atoms with Crippen molar-refractivity contribution in [3.8, 4) is 11.5 Å². The molecule has 0 bridgehead atoms. The van der Waals surface area contributed by atoms with Crippen LogP contribution in [0.25, 0.3) is 0 Å². The first-order valence-corrected chi connectivity index (χ1v) is 6.46. The number of hydrogen-bond acceptors (Lipinski definition) is 3. The van der Waals surface area contributed by atoms with Crippen LogP contribution in [-0.2, 0) is 6.42 Å². The lowest BCUT2D eigenvalue weighted by Crippen LogP contribution is -2.35. The van der Waals surface area contributed by atoms with Crippen LogP contribution in [0, 0.1) is 12.3 Å². The highest BCUT2D eigenvalue weighted by atomic mass is 16.5. The second-order valence-corrected chi connectivity index (χ2v) is 5.31. The average Bonchev–Trinajstić information content (AvgIpc) is 2.34. The molecule has 1 saturated carbocycles. The SMILES string of the molecule is COc1cc(C)c(CC2(CO)CCC2)c(OC)c1. The summed E-state index contributed by atoms with van der Waals surface area (Å²) < 4.78 is 10.7. The zero-order valence-electron chi connectivity index (χ0n) is 11.5. The maximum Gasteiger partial charge on any atom is 0.126 e. The van der Waals surface area contributed by atoms with Crippen molar-refractivity contribution in [2.75, 3.05) is 20.8 Å². The molecule has 1 aromatic rings. The largest absolute Gasteiger partial charge is 0.497 e. The molecule has 3 heteroatoms. The highest BCUT2D eigenvalue weighted by molar-refractivity contribution is 5.46. The van der Waals surface area contributed by atoms with Crippen molar-refractivity contribution in [2.45, 2.75) is 32.6 Å². The van der Waals surface area contributed by atoms with Crippen LogP contribution in [0.5, 0.6) is 11.5 Å². The molecule has 1 fully saturated rings. The highest BCUT2D eigenvalue weighted by Crippen LogP contribution is 2.45. The molecular formula is C15H22O3. The smallest absolute Gasteiger partial charge is 0.126 e. The Kier molecular flexibility index (Phi) is 3.81. The van der Waals surface area contributed by atoms with Gasteiger partial charge in [0.05, 0.1) is 14.2 Å². The Labute approximate surface area is 109 Å². The molecule has 100 valence electrons. The van der Waals surface area contributed by atoms with Gasteiger partial charge in [-0.15, -0.1) is 0 Å². The van der Waals surface area contributed by atoms with E-state index in [2.05, 4.69) is 6.92 Å². The van der Waals surface area contributed by atoms with Gasteiger partial charge in [0.2, 0.25) is 0 Å². The first kappa shape index (κ1) is 13.2. The maximum atomic E-state index is 9.59. The van der Waals surface area contributed by atoms with Crippen LogP contribution < -0.4 is 9.47 Å². The summed E-state index contributed by atoms with van der Waals surface area (Å²) in [6.07, 6.45) is 4.33. The molecule has 0 aromatic heterocycles. The number of methoxy groups -OCH3 is 2. The van der Waals surface area contributed by atoms with Gasteiger partial charge >= 0.3 is 0 Å². The van der Waals surface area contributed by atoms with Gasteiger partial charge in [-0.2, -0.15) is 0 Å². The Morgan fingerprint density at radius 1 is 1.22 bits per heavy atom. The second-order valence-electron chi connectivity index (χ2n) is 5.31. The van der Waals surface area contributed by atoms with E-state index >= 15 is 0 Å². The summed E-state index contributed by atoms with van der Waals surface area (Å²) in [4.78, 5) is 0. The van der Waals surface area contributed by atoms with Gasteiger partial charge in [0, 0.05) is 12.7 Å². The third-order valence-corrected chi connectivity index (χ3v) is 4.16. The monoisotopic (exact) mass is 250 g/mol. The first-order chi connectivity index (χ1) is 8.64. The molecule has 1 aliphatic rings. The first-order valence-electron chi connectivity index (χ1n) is 6.46. The minimum atomic E-state index is 0.0760. The van der Waals surface area contributed by atoms with Gasteiger partial charge in [-0.3, -0.25) is 0 Å². The van der Waals surface area contributed by atoms with Crippen molar-refractivity contribution in [1.82, 2.24) is 0 Å². The summed E-state index contributed by atoms with van der Waals surface area (Å²) in [5.74, 6) is 1.69. The molecule has 0 aliphatic heterocycles. The lowest BCUT2D eigenvalue weighted by atomic mass is 9.65. The van der Waals surface area contributed by atoms with Crippen LogP contribution in [0.1, 0.15) is 30.4 Å². The summed E-state index contributed by atoms with van der Waals surface area (Å²) in [5, 5.41) is 9.59. The molecule has 18 heavy (non-hydrogen) atoms. The van der Waals surface area contributed by atoms with E-state index in [0.717, 1.165) is 30.8 Å². The summed E-state index contributed by atoms with van der Waals surface area (Å²) in [6.45, 7) is 2.34. The molecule has 0 unspecified atom stereocenters.